The summed E-state index contributed by atoms with van der Waals surface area (Å²) in [7, 11) is 0. The van der Waals surface area contributed by atoms with Gasteiger partial charge in [-0.25, -0.2) is 13.8 Å². The van der Waals surface area contributed by atoms with Crippen LogP contribution in [0.2, 0.25) is 0 Å². The predicted octanol–water partition coefficient (Wildman–Crippen LogP) is 3.51. The van der Waals surface area contributed by atoms with Crippen LogP contribution in [0.4, 0.5) is 18.9 Å². The minimum atomic E-state index is -1.39. The van der Waals surface area contributed by atoms with Gasteiger partial charge in [-0.2, -0.15) is 4.39 Å². The predicted molar refractivity (Wildman–Crippen MR) is 66.2 cm³/mol. The first kappa shape index (κ1) is 13.5. The summed E-state index contributed by atoms with van der Waals surface area (Å²) >= 11 is 3.05. The molecule has 1 aromatic carbocycles. The van der Waals surface area contributed by atoms with Crippen LogP contribution in [-0.2, 0) is 0 Å². The molecule has 0 saturated carbocycles. The summed E-state index contributed by atoms with van der Waals surface area (Å²) in [6, 6.07) is 5.07. The molecule has 1 heterocycles. The molecule has 3 nitrogen and oxygen atoms in total. The average Bonchev–Trinajstić information content (AvgIpc) is 2.37. The van der Waals surface area contributed by atoms with Gasteiger partial charge >= 0.3 is 0 Å². The van der Waals surface area contributed by atoms with Crippen molar-refractivity contribution in [2.75, 3.05) is 5.32 Å². The monoisotopic (exact) mass is 330 g/mol. The molecule has 0 unspecified atom stereocenters. The quantitative estimate of drug-likeness (QED) is 0.856. The van der Waals surface area contributed by atoms with Gasteiger partial charge in [0.05, 0.1) is 11.3 Å². The number of anilines is 1. The topological polar surface area (TPSA) is 42.0 Å². The maximum absolute atomic E-state index is 13.5. The van der Waals surface area contributed by atoms with E-state index in [-0.39, 0.29) is 10.2 Å². The van der Waals surface area contributed by atoms with Gasteiger partial charge < -0.3 is 5.32 Å². The summed E-state index contributed by atoms with van der Waals surface area (Å²) < 4.78 is 40.0. The van der Waals surface area contributed by atoms with E-state index in [4.69, 9.17) is 0 Å². The molecule has 98 valence electrons. The highest BCUT2D eigenvalue weighted by atomic mass is 79.9. The number of halogens is 4. The third-order valence-electron chi connectivity index (χ3n) is 2.29. The zero-order chi connectivity index (χ0) is 14.0. The molecule has 0 aliphatic heterocycles. The molecule has 19 heavy (non-hydrogen) atoms. The molecule has 0 bridgehead atoms. The average molecular weight is 331 g/mol. The fourth-order valence-electron chi connectivity index (χ4n) is 1.39. The van der Waals surface area contributed by atoms with Crippen molar-refractivity contribution in [1.29, 1.82) is 0 Å². The number of amides is 1. The third-order valence-corrected chi connectivity index (χ3v) is 2.95. The first-order chi connectivity index (χ1) is 9.00. The van der Waals surface area contributed by atoms with Crippen LogP contribution in [0.5, 0.6) is 0 Å². The van der Waals surface area contributed by atoms with E-state index in [0.717, 1.165) is 18.3 Å². The molecule has 0 radical (unpaired) electrons. The van der Waals surface area contributed by atoms with Gasteiger partial charge in [0, 0.05) is 10.7 Å². The minimum absolute atomic E-state index is 0.149. The van der Waals surface area contributed by atoms with Gasteiger partial charge in [0.1, 0.15) is 5.82 Å². The molecule has 0 aliphatic carbocycles. The van der Waals surface area contributed by atoms with Crippen molar-refractivity contribution in [1.82, 2.24) is 4.98 Å². The number of carbonyl (C=O) groups excluding carboxylic acids is 1. The maximum atomic E-state index is 13.5. The molecule has 0 saturated heterocycles. The smallest absolute Gasteiger partial charge is 0.258 e. The molecule has 7 heteroatoms. The Balaban J connectivity index is 2.34. The van der Waals surface area contributed by atoms with Crippen molar-refractivity contribution in [3.8, 4) is 0 Å². The van der Waals surface area contributed by atoms with E-state index in [1.165, 1.54) is 12.1 Å². The van der Waals surface area contributed by atoms with E-state index >= 15 is 0 Å². The summed E-state index contributed by atoms with van der Waals surface area (Å²) in [5.74, 6) is -4.44. The van der Waals surface area contributed by atoms with Gasteiger partial charge in [-0.15, -0.1) is 0 Å². The van der Waals surface area contributed by atoms with Gasteiger partial charge in [0.25, 0.3) is 5.91 Å². The summed E-state index contributed by atoms with van der Waals surface area (Å²) in [4.78, 5) is 14.8. The van der Waals surface area contributed by atoms with Gasteiger partial charge in [-0.05, 0) is 34.1 Å². The Labute approximate surface area is 114 Å². The summed E-state index contributed by atoms with van der Waals surface area (Å²) in [5.41, 5.74) is -0.702. The molecular weight excluding hydrogens is 325 g/mol. The number of nitrogens with zero attached hydrogens (tertiary/aromatic N) is 1. The van der Waals surface area contributed by atoms with Crippen molar-refractivity contribution in [3.05, 3.63) is 58.1 Å². The number of carbonyl (C=O) groups is 1. The second-order valence-electron chi connectivity index (χ2n) is 3.51. The molecular formula is C12H6BrF3N2O. The lowest BCUT2D eigenvalue weighted by Crippen LogP contribution is -2.16. The first-order valence-electron chi connectivity index (χ1n) is 5.06. The number of rotatable bonds is 2. The number of hydrogen-bond donors (Lipinski definition) is 1. The Kier molecular flexibility index (Phi) is 3.84. The fourth-order valence-corrected chi connectivity index (χ4v) is 1.83. The number of benzene rings is 1. The molecule has 0 atom stereocenters. The van der Waals surface area contributed by atoms with Crippen LogP contribution in [-0.4, -0.2) is 10.9 Å². The zero-order valence-electron chi connectivity index (χ0n) is 9.25. The van der Waals surface area contributed by atoms with Crippen molar-refractivity contribution in [2.24, 2.45) is 0 Å². The van der Waals surface area contributed by atoms with Gasteiger partial charge in [-0.1, -0.05) is 6.07 Å². The molecule has 1 N–H and O–H groups in total. The fraction of sp³-hybridized carbons (Fsp3) is 0. The van der Waals surface area contributed by atoms with E-state index in [2.05, 4.69) is 26.2 Å². The van der Waals surface area contributed by atoms with Crippen LogP contribution in [0, 0.1) is 17.6 Å². The second-order valence-corrected chi connectivity index (χ2v) is 4.37. The third kappa shape index (κ3) is 2.76. The van der Waals surface area contributed by atoms with Crippen LogP contribution in [0.15, 0.2) is 34.9 Å². The number of para-hydroxylation sites is 1. The van der Waals surface area contributed by atoms with Crippen molar-refractivity contribution in [3.63, 3.8) is 0 Å². The SMILES string of the molecule is O=C(Nc1c(F)cccc1Br)c1ccnc(F)c1F. The van der Waals surface area contributed by atoms with Crippen LogP contribution < -0.4 is 5.32 Å². The molecule has 1 amide bonds. The van der Waals surface area contributed by atoms with Gasteiger partial charge in [-0.3, -0.25) is 4.79 Å². The van der Waals surface area contributed by atoms with Gasteiger partial charge in [0.2, 0.25) is 5.95 Å². The lowest BCUT2D eigenvalue weighted by molar-refractivity contribution is 0.102. The Morgan fingerprint density at radius 1 is 1.21 bits per heavy atom. The summed E-state index contributed by atoms with van der Waals surface area (Å²) in [5, 5.41) is 2.17. The first-order valence-corrected chi connectivity index (χ1v) is 5.85. The van der Waals surface area contributed by atoms with Crippen LogP contribution >= 0.6 is 15.9 Å². The normalized spacial score (nSPS) is 10.3. The molecule has 0 aliphatic rings. The Hall–Kier alpha value is -1.89. The standard InChI is InChI=1S/C12H6BrF3N2O/c13-7-2-1-3-8(14)10(7)18-12(19)6-4-5-17-11(16)9(6)15/h1-5H,(H,18,19). The van der Waals surface area contributed by atoms with Crippen molar-refractivity contribution in [2.45, 2.75) is 0 Å². The lowest BCUT2D eigenvalue weighted by atomic mass is 10.2. The van der Waals surface area contributed by atoms with E-state index in [1.54, 1.807) is 0 Å². The molecule has 2 aromatic rings. The highest BCUT2D eigenvalue weighted by molar-refractivity contribution is 9.10. The number of nitrogens with one attached hydrogen (secondary N) is 1. The van der Waals surface area contributed by atoms with E-state index in [1.807, 2.05) is 0 Å². The van der Waals surface area contributed by atoms with Crippen LogP contribution in [0.3, 0.4) is 0 Å². The summed E-state index contributed by atoms with van der Waals surface area (Å²) in [6.45, 7) is 0. The molecule has 2 rings (SSSR count). The number of aromatic nitrogens is 1. The highest BCUT2D eigenvalue weighted by Gasteiger charge is 2.18. The zero-order valence-corrected chi connectivity index (χ0v) is 10.8. The largest absolute Gasteiger partial charge is 0.318 e. The Bertz CT molecular complexity index is 629. The molecule has 0 fully saturated rings. The van der Waals surface area contributed by atoms with E-state index in [0.29, 0.717) is 0 Å². The molecule has 1 aromatic heterocycles. The minimum Gasteiger partial charge on any atom is -0.318 e. The second kappa shape index (κ2) is 5.40. The lowest BCUT2D eigenvalue weighted by Gasteiger charge is -2.08. The van der Waals surface area contributed by atoms with Crippen LogP contribution in [0.25, 0.3) is 0 Å². The van der Waals surface area contributed by atoms with Gasteiger partial charge in [0.15, 0.2) is 5.82 Å². The Morgan fingerprint density at radius 2 is 1.95 bits per heavy atom. The Morgan fingerprint density at radius 3 is 2.63 bits per heavy atom. The number of hydrogen-bond acceptors (Lipinski definition) is 2. The molecule has 0 spiro atoms. The number of pyridine rings is 1. The van der Waals surface area contributed by atoms with Crippen molar-refractivity contribution >= 4 is 27.5 Å². The maximum Gasteiger partial charge on any atom is 0.258 e. The van der Waals surface area contributed by atoms with E-state index < -0.39 is 29.1 Å². The van der Waals surface area contributed by atoms with E-state index in [9.17, 15) is 18.0 Å². The van der Waals surface area contributed by atoms with Crippen LogP contribution in [0.1, 0.15) is 10.4 Å². The van der Waals surface area contributed by atoms with Crippen molar-refractivity contribution < 1.29 is 18.0 Å². The highest BCUT2D eigenvalue weighted by Crippen LogP contribution is 2.26. The summed E-state index contributed by atoms with van der Waals surface area (Å²) in [6.07, 6.45) is 0.948.